The highest BCUT2D eigenvalue weighted by atomic mass is 35.5. The Kier molecular flexibility index (Phi) is 8.11. The van der Waals surface area contributed by atoms with Crippen LogP contribution in [0.2, 0.25) is 0 Å². The topological polar surface area (TPSA) is 66.6 Å². The van der Waals surface area contributed by atoms with E-state index in [-0.39, 0.29) is 30.1 Å². The number of nitrogens with zero attached hydrogens (tertiary/aromatic N) is 2. The fourth-order valence-corrected chi connectivity index (χ4v) is 3.80. The molecule has 1 saturated heterocycles. The summed E-state index contributed by atoms with van der Waals surface area (Å²) in [6.07, 6.45) is 5.37. The van der Waals surface area contributed by atoms with Gasteiger partial charge in [-0.2, -0.15) is 0 Å². The van der Waals surface area contributed by atoms with E-state index >= 15 is 0 Å². The van der Waals surface area contributed by atoms with Crippen molar-refractivity contribution < 1.29 is 9.59 Å². The van der Waals surface area contributed by atoms with Crippen LogP contribution in [-0.2, 0) is 16.1 Å². The van der Waals surface area contributed by atoms with Crippen molar-refractivity contribution in [3.05, 3.63) is 35.9 Å². The largest absolute Gasteiger partial charge is 0.341 e. The summed E-state index contributed by atoms with van der Waals surface area (Å²) in [5, 5.41) is 0. The number of nitrogens with two attached hydrogens (primary N) is 1. The molecule has 0 aromatic heterocycles. The smallest absolute Gasteiger partial charge is 0.239 e. The Hall–Kier alpha value is -1.59. The summed E-state index contributed by atoms with van der Waals surface area (Å²) in [6, 6.07) is 10.2. The fraction of sp³-hybridized carbons (Fsp3) is 0.619. The number of hydrogen-bond donors (Lipinski definition) is 1. The van der Waals surface area contributed by atoms with Gasteiger partial charge >= 0.3 is 0 Å². The zero-order valence-corrected chi connectivity index (χ0v) is 17.0. The number of hydrogen-bond acceptors (Lipinski definition) is 3. The number of benzene rings is 1. The molecule has 1 unspecified atom stereocenters. The lowest BCUT2D eigenvalue weighted by molar-refractivity contribution is -0.142. The normalized spacial score (nSPS) is 18.5. The second-order valence-corrected chi connectivity index (χ2v) is 7.68. The molecule has 0 spiro atoms. The molecule has 5 nitrogen and oxygen atoms in total. The molecule has 1 aromatic carbocycles. The van der Waals surface area contributed by atoms with Crippen molar-refractivity contribution in [3.8, 4) is 0 Å². The molecule has 1 aliphatic heterocycles. The van der Waals surface area contributed by atoms with Gasteiger partial charge in [0.1, 0.15) is 0 Å². The summed E-state index contributed by atoms with van der Waals surface area (Å²) >= 11 is 0. The van der Waals surface area contributed by atoms with Gasteiger partial charge in [-0.15, -0.1) is 12.4 Å². The van der Waals surface area contributed by atoms with E-state index in [1.807, 2.05) is 30.0 Å². The number of piperidine rings is 1. The van der Waals surface area contributed by atoms with E-state index in [1.165, 1.54) is 5.56 Å². The van der Waals surface area contributed by atoms with E-state index in [0.717, 1.165) is 38.5 Å². The molecule has 2 amide bonds. The molecule has 2 fully saturated rings. The van der Waals surface area contributed by atoms with E-state index in [4.69, 9.17) is 5.73 Å². The quantitative estimate of drug-likeness (QED) is 0.774. The van der Waals surface area contributed by atoms with E-state index in [9.17, 15) is 9.59 Å². The average Bonchev–Trinajstić information content (AvgIpc) is 3.51. The Morgan fingerprint density at radius 1 is 1.15 bits per heavy atom. The lowest BCUT2D eigenvalue weighted by atomic mass is 9.94. The molecule has 6 heteroatoms. The molecule has 1 aromatic rings. The first-order valence-electron chi connectivity index (χ1n) is 9.99. The second-order valence-electron chi connectivity index (χ2n) is 7.68. The van der Waals surface area contributed by atoms with Gasteiger partial charge in [0.05, 0.1) is 6.04 Å². The number of carbonyl (C=O) groups is 2. The molecule has 1 heterocycles. The highest BCUT2D eigenvalue weighted by molar-refractivity contribution is 5.85. The van der Waals surface area contributed by atoms with Crippen LogP contribution in [0.1, 0.15) is 51.0 Å². The zero-order chi connectivity index (χ0) is 18.5. The van der Waals surface area contributed by atoms with E-state index in [1.54, 1.807) is 0 Å². The molecular weight excluding hydrogens is 362 g/mol. The summed E-state index contributed by atoms with van der Waals surface area (Å²) in [7, 11) is 0. The van der Waals surface area contributed by atoms with Crippen molar-refractivity contribution in [2.45, 2.75) is 64.1 Å². The first kappa shape index (κ1) is 21.7. The monoisotopic (exact) mass is 393 g/mol. The van der Waals surface area contributed by atoms with Gasteiger partial charge in [-0.05, 0) is 37.7 Å². The van der Waals surface area contributed by atoms with Crippen LogP contribution in [0.3, 0.4) is 0 Å². The third kappa shape index (κ3) is 5.69. The SMILES string of the molecule is CCCC(N)C(=O)N1CCC(C(=O)N(Cc2ccccc2)C2CC2)CC1.Cl. The molecule has 2 N–H and O–H groups in total. The van der Waals surface area contributed by atoms with Crippen LogP contribution in [0.5, 0.6) is 0 Å². The molecule has 0 radical (unpaired) electrons. The molecule has 27 heavy (non-hydrogen) atoms. The Morgan fingerprint density at radius 2 is 1.78 bits per heavy atom. The van der Waals surface area contributed by atoms with Crippen LogP contribution < -0.4 is 5.73 Å². The predicted molar refractivity (Wildman–Crippen MR) is 109 cm³/mol. The van der Waals surface area contributed by atoms with Crippen molar-refractivity contribution >= 4 is 24.2 Å². The predicted octanol–water partition coefficient (Wildman–Crippen LogP) is 2.97. The van der Waals surface area contributed by atoms with E-state index in [2.05, 4.69) is 17.0 Å². The van der Waals surface area contributed by atoms with Gasteiger partial charge in [-0.3, -0.25) is 9.59 Å². The van der Waals surface area contributed by atoms with Crippen LogP contribution >= 0.6 is 12.4 Å². The van der Waals surface area contributed by atoms with Crippen molar-refractivity contribution in [1.29, 1.82) is 0 Å². The van der Waals surface area contributed by atoms with Crippen LogP contribution in [0.15, 0.2) is 30.3 Å². The van der Waals surface area contributed by atoms with Crippen molar-refractivity contribution in [3.63, 3.8) is 0 Å². The average molecular weight is 394 g/mol. The number of carbonyl (C=O) groups excluding carboxylic acids is 2. The Morgan fingerprint density at radius 3 is 2.33 bits per heavy atom. The third-order valence-electron chi connectivity index (χ3n) is 5.54. The van der Waals surface area contributed by atoms with Crippen LogP contribution in [-0.4, -0.2) is 46.8 Å². The highest BCUT2D eigenvalue weighted by Gasteiger charge is 2.37. The van der Waals surface area contributed by atoms with Crippen LogP contribution in [0.4, 0.5) is 0 Å². The molecule has 1 saturated carbocycles. The van der Waals surface area contributed by atoms with Gasteiger partial charge in [0.2, 0.25) is 11.8 Å². The van der Waals surface area contributed by atoms with Crippen molar-refractivity contribution in [2.75, 3.05) is 13.1 Å². The first-order chi connectivity index (χ1) is 12.6. The first-order valence-corrected chi connectivity index (χ1v) is 9.99. The Balaban J connectivity index is 0.00000261. The van der Waals surface area contributed by atoms with E-state index in [0.29, 0.717) is 25.7 Å². The lowest BCUT2D eigenvalue weighted by Crippen LogP contribution is -2.49. The van der Waals surface area contributed by atoms with Gasteiger partial charge in [0.25, 0.3) is 0 Å². The molecule has 0 bridgehead atoms. The second kappa shape index (κ2) is 10.1. The Bertz CT molecular complexity index is 613. The molecule has 2 aliphatic rings. The van der Waals surface area contributed by atoms with Gasteiger partial charge in [-0.1, -0.05) is 43.7 Å². The minimum absolute atomic E-state index is 0. The minimum Gasteiger partial charge on any atom is -0.341 e. The van der Waals surface area contributed by atoms with Gasteiger partial charge < -0.3 is 15.5 Å². The standard InChI is InChI=1S/C21H31N3O2.ClH/c1-2-6-19(22)21(26)23-13-11-17(12-14-23)20(25)24(18-9-10-18)15-16-7-4-3-5-8-16;/h3-5,7-8,17-19H,2,6,9-15,22H2,1H3;1H. The minimum atomic E-state index is -0.395. The summed E-state index contributed by atoms with van der Waals surface area (Å²) in [5.41, 5.74) is 7.15. The molecule has 3 rings (SSSR count). The maximum absolute atomic E-state index is 13.1. The highest BCUT2D eigenvalue weighted by Crippen LogP contribution is 2.32. The summed E-state index contributed by atoms with van der Waals surface area (Å²) < 4.78 is 0. The fourth-order valence-electron chi connectivity index (χ4n) is 3.80. The molecule has 150 valence electrons. The van der Waals surface area contributed by atoms with Crippen molar-refractivity contribution in [1.82, 2.24) is 9.80 Å². The molecule has 1 aliphatic carbocycles. The maximum atomic E-state index is 13.1. The molecular formula is C21H32ClN3O2. The summed E-state index contributed by atoms with van der Waals surface area (Å²) in [4.78, 5) is 29.4. The van der Waals surface area contributed by atoms with Crippen LogP contribution in [0, 0.1) is 5.92 Å². The van der Waals surface area contributed by atoms with Gasteiger partial charge in [-0.25, -0.2) is 0 Å². The van der Waals surface area contributed by atoms with Gasteiger partial charge in [0.15, 0.2) is 0 Å². The van der Waals surface area contributed by atoms with E-state index < -0.39 is 6.04 Å². The Labute approximate surface area is 168 Å². The number of likely N-dealkylation sites (tertiary alicyclic amines) is 1. The van der Waals surface area contributed by atoms with Crippen LogP contribution in [0.25, 0.3) is 0 Å². The summed E-state index contributed by atoms with van der Waals surface area (Å²) in [5.74, 6) is 0.341. The third-order valence-corrected chi connectivity index (χ3v) is 5.54. The number of rotatable bonds is 7. The summed E-state index contributed by atoms with van der Waals surface area (Å²) in [6.45, 7) is 4.04. The zero-order valence-electron chi connectivity index (χ0n) is 16.2. The number of amides is 2. The lowest BCUT2D eigenvalue weighted by Gasteiger charge is -2.35. The number of halogens is 1. The molecule has 1 atom stereocenters. The van der Waals surface area contributed by atoms with Crippen molar-refractivity contribution in [2.24, 2.45) is 11.7 Å². The van der Waals surface area contributed by atoms with Gasteiger partial charge in [0, 0.05) is 31.6 Å². The maximum Gasteiger partial charge on any atom is 0.239 e.